The molecule has 1 saturated carbocycles. The number of nitrogens with zero attached hydrogens (tertiary/aromatic N) is 2. The Labute approximate surface area is 189 Å². The normalized spacial score (nSPS) is 25.3. The zero-order valence-electron chi connectivity index (χ0n) is 17.2. The molecule has 0 aromatic carbocycles. The lowest BCUT2D eigenvalue weighted by atomic mass is 9.82. The van der Waals surface area contributed by atoms with Gasteiger partial charge in [0, 0.05) is 32.7 Å². The zero-order chi connectivity index (χ0) is 20.8. The number of hydrogen-bond donors (Lipinski definition) is 2. The number of aliphatic imine (C=N–C) groups is 1. The predicted octanol–water partition coefficient (Wildman–Crippen LogP) is 3.55. The number of hydrogen-bond acceptors (Lipinski definition) is 3. The van der Waals surface area contributed by atoms with Crippen molar-refractivity contribution in [2.75, 3.05) is 32.7 Å². The van der Waals surface area contributed by atoms with Crippen LogP contribution in [0.2, 0.25) is 0 Å². The molecule has 0 amide bonds. The minimum Gasteiger partial charge on any atom is -0.357 e. The van der Waals surface area contributed by atoms with Crippen LogP contribution >= 0.6 is 24.0 Å². The third-order valence-corrected chi connectivity index (χ3v) is 7.29. The molecule has 0 bridgehead atoms. The summed E-state index contributed by atoms with van der Waals surface area (Å²) in [5.74, 6) is 2.21. The molecule has 29 heavy (non-hydrogen) atoms. The third kappa shape index (κ3) is 8.04. The van der Waals surface area contributed by atoms with E-state index in [0.29, 0.717) is 29.6 Å². The van der Waals surface area contributed by atoms with Crippen molar-refractivity contribution in [2.24, 2.45) is 22.7 Å². The number of piperidine rings is 1. The molecule has 6 nitrogen and oxygen atoms in total. The monoisotopic (exact) mass is 554 g/mol. The summed E-state index contributed by atoms with van der Waals surface area (Å²) in [6.45, 7) is 6.17. The Hall–Kier alpha value is -0.300. The van der Waals surface area contributed by atoms with Crippen molar-refractivity contribution < 1.29 is 21.6 Å². The first-order chi connectivity index (χ1) is 13.1. The van der Waals surface area contributed by atoms with Crippen molar-refractivity contribution in [1.29, 1.82) is 0 Å². The Morgan fingerprint density at radius 2 is 1.76 bits per heavy atom. The second-order valence-corrected chi connectivity index (χ2v) is 9.96. The molecule has 2 unspecified atom stereocenters. The Balaban J connectivity index is 0.00000420. The number of halogens is 4. The van der Waals surface area contributed by atoms with Gasteiger partial charge >= 0.3 is 15.5 Å². The first kappa shape index (κ1) is 26.7. The first-order valence-electron chi connectivity index (χ1n) is 10.2. The molecule has 0 radical (unpaired) electrons. The summed E-state index contributed by atoms with van der Waals surface area (Å²) < 4.78 is 61.5. The van der Waals surface area contributed by atoms with Gasteiger partial charge in [0.1, 0.15) is 0 Å². The van der Waals surface area contributed by atoms with E-state index in [4.69, 9.17) is 0 Å². The standard InChI is InChI=1S/C18H33F3N4O2S.HI/c1-3-22-17(24-13-16-6-4-5-14(2)11-16)23-12-15-7-9-25(10-8-15)28(26,27)18(19,20)21;/h14-16H,3-13H2,1-2H3,(H2,22,23,24);1H. The number of alkyl halides is 3. The van der Waals surface area contributed by atoms with Crippen molar-refractivity contribution in [3.05, 3.63) is 0 Å². The molecule has 1 aliphatic carbocycles. The SMILES string of the molecule is CCNC(=NCC1CCCC(C)C1)NCC1CCN(S(=O)(=O)C(F)(F)F)CC1.I. The Morgan fingerprint density at radius 1 is 1.10 bits per heavy atom. The van der Waals surface area contributed by atoms with Crippen molar-refractivity contribution >= 4 is 40.0 Å². The lowest BCUT2D eigenvalue weighted by Gasteiger charge is -2.31. The van der Waals surface area contributed by atoms with E-state index in [9.17, 15) is 21.6 Å². The van der Waals surface area contributed by atoms with Gasteiger partial charge in [-0.1, -0.05) is 19.8 Å². The smallest absolute Gasteiger partial charge is 0.357 e. The highest BCUT2D eigenvalue weighted by atomic mass is 127. The molecule has 0 aromatic heterocycles. The van der Waals surface area contributed by atoms with Crippen LogP contribution < -0.4 is 10.6 Å². The van der Waals surface area contributed by atoms with Gasteiger partial charge in [0.2, 0.25) is 0 Å². The molecule has 2 atom stereocenters. The summed E-state index contributed by atoms with van der Waals surface area (Å²) in [4.78, 5) is 4.68. The highest BCUT2D eigenvalue weighted by Crippen LogP contribution is 2.30. The number of guanidine groups is 1. The van der Waals surface area contributed by atoms with E-state index in [0.717, 1.165) is 25.0 Å². The lowest BCUT2D eigenvalue weighted by molar-refractivity contribution is -0.0496. The van der Waals surface area contributed by atoms with Gasteiger partial charge in [-0.05, 0) is 50.4 Å². The fraction of sp³-hybridized carbons (Fsp3) is 0.944. The second-order valence-electron chi connectivity index (χ2n) is 8.03. The van der Waals surface area contributed by atoms with Crippen LogP contribution in [0, 0.1) is 17.8 Å². The van der Waals surface area contributed by atoms with Gasteiger partial charge in [-0.15, -0.1) is 24.0 Å². The summed E-state index contributed by atoms with van der Waals surface area (Å²) in [6.07, 6.45) is 5.77. The van der Waals surface area contributed by atoms with Gasteiger partial charge in [0.15, 0.2) is 5.96 Å². The van der Waals surface area contributed by atoms with Crippen LogP contribution in [0.25, 0.3) is 0 Å². The van der Waals surface area contributed by atoms with E-state index < -0.39 is 15.5 Å². The summed E-state index contributed by atoms with van der Waals surface area (Å²) >= 11 is 0. The van der Waals surface area contributed by atoms with Crippen molar-refractivity contribution in [1.82, 2.24) is 14.9 Å². The molecule has 0 spiro atoms. The quantitative estimate of drug-likeness (QED) is 0.300. The minimum absolute atomic E-state index is 0. The Morgan fingerprint density at radius 3 is 2.31 bits per heavy atom. The first-order valence-corrected chi connectivity index (χ1v) is 11.7. The summed E-state index contributed by atoms with van der Waals surface area (Å²) in [5, 5.41) is 6.48. The summed E-state index contributed by atoms with van der Waals surface area (Å²) in [6, 6.07) is 0. The van der Waals surface area contributed by atoms with Gasteiger partial charge in [-0.3, -0.25) is 4.99 Å². The van der Waals surface area contributed by atoms with E-state index in [2.05, 4.69) is 22.5 Å². The van der Waals surface area contributed by atoms with Gasteiger partial charge < -0.3 is 10.6 Å². The molecule has 1 aliphatic heterocycles. The second kappa shape index (κ2) is 11.9. The van der Waals surface area contributed by atoms with Crippen LogP contribution in [-0.4, -0.2) is 56.9 Å². The van der Waals surface area contributed by atoms with Crippen LogP contribution in [-0.2, 0) is 10.0 Å². The van der Waals surface area contributed by atoms with Gasteiger partial charge in [-0.25, -0.2) is 8.42 Å². The van der Waals surface area contributed by atoms with E-state index in [1.165, 1.54) is 25.7 Å². The molecule has 172 valence electrons. The van der Waals surface area contributed by atoms with Crippen LogP contribution in [0.3, 0.4) is 0 Å². The molecule has 0 aromatic rings. The highest BCUT2D eigenvalue weighted by Gasteiger charge is 2.50. The molecular formula is C18H34F3IN4O2S. The molecule has 2 rings (SSSR count). The maximum atomic E-state index is 12.7. The van der Waals surface area contributed by atoms with Crippen LogP contribution in [0.1, 0.15) is 52.4 Å². The Kier molecular flexibility index (Phi) is 11.0. The Bertz CT molecular complexity index is 623. The van der Waals surface area contributed by atoms with E-state index in [-0.39, 0.29) is 43.0 Å². The fourth-order valence-electron chi connectivity index (χ4n) is 4.03. The van der Waals surface area contributed by atoms with E-state index >= 15 is 0 Å². The highest BCUT2D eigenvalue weighted by molar-refractivity contribution is 14.0. The van der Waals surface area contributed by atoms with Gasteiger partial charge in [0.05, 0.1) is 0 Å². The average Bonchev–Trinajstić information content (AvgIpc) is 2.63. The maximum absolute atomic E-state index is 12.7. The summed E-state index contributed by atoms with van der Waals surface area (Å²) in [7, 11) is -5.21. The minimum atomic E-state index is -5.22. The molecule has 11 heteroatoms. The average molecular weight is 554 g/mol. The molecule has 2 N–H and O–H groups in total. The zero-order valence-corrected chi connectivity index (χ0v) is 20.3. The predicted molar refractivity (Wildman–Crippen MR) is 120 cm³/mol. The lowest BCUT2D eigenvalue weighted by Crippen LogP contribution is -2.47. The third-order valence-electron chi connectivity index (χ3n) is 5.66. The van der Waals surface area contributed by atoms with Crippen LogP contribution in [0.4, 0.5) is 13.2 Å². The number of rotatable bonds is 6. The topological polar surface area (TPSA) is 73.8 Å². The maximum Gasteiger partial charge on any atom is 0.511 e. The fourth-order valence-corrected chi connectivity index (χ4v) is 5.01. The van der Waals surface area contributed by atoms with Gasteiger partial charge in [-0.2, -0.15) is 17.5 Å². The summed E-state index contributed by atoms with van der Waals surface area (Å²) in [5.41, 5.74) is -5.22. The molecule has 2 aliphatic rings. The van der Waals surface area contributed by atoms with Gasteiger partial charge in [0.25, 0.3) is 0 Å². The van der Waals surface area contributed by atoms with Crippen LogP contribution in [0.15, 0.2) is 4.99 Å². The van der Waals surface area contributed by atoms with Crippen molar-refractivity contribution in [2.45, 2.75) is 57.9 Å². The molecule has 2 fully saturated rings. The molecule has 1 saturated heterocycles. The molecule has 1 heterocycles. The van der Waals surface area contributed by atoms with E-state index in [1.807, 2.05) is 6.92 Å². The largest absolute Gasteiger partial charge is 0.511 e. The number of nitrogens with one attached hydrogen (secondary N) is 2. The van der Waals surface area contributed by atoms with Crippen molar-refractivity contribution in [3.8, 4) is 0 Å². The van der Waals surface area contributed by atoms with Crippen LogP contribution in [0.5, 0.6) is 0 Å². The van der Waals surface area contributed by atoms with Crippen molar-refractivity contribution in [3.63, 3.8) is 0 Å². The number of sulfonamides is 1. The molecular weight excluding hydrogens is 520 g/mol. The van der Waals surface area contributed by atoms with E-state index in [1.54, 1.807) is 0 Å².